The fraction of sp³-hybridized carbons (Fsp3) is 0.571. The van der Waals surface area contributed by atoms with Crippen LogP contribution in [0.25, 0.3) is 0 Å². The molecule has 0 aromatic rings. The van der Waals surface area contributed by atoms with E-state index in [0.29, 0.717) is 12.5 Å². The second kappa shape index (κ2) is 2.73. The van der Waals surface area contributed by atoms with Crippen molar-refractivity contribution in [1.29, 1.82) is 0 Å². The highest BCUT2D eigenvalue weighted by Crippen LogP contribution is 2.09. The fourth-order valence-electron chi connectivity index (χ4n) is 0.922. The first-order valence-electron chi connectivity index (χ1n) is 3.30. The van der Waals surface area contributed by atoms with Crippen LogP contribution in [0.3, 0.4) is 0 Å². The molecule has 1 rings (SSSR count). The molecule has 1 N–H and O–H groups in total. The van der Waals surface area contributed by atoms with E-state index < -0.39 is 0 Å². The van der Waals surface area contributed by atoms with Crippen molar-refractivity contribution in [1.82, 2.24) is 5.32 Å². The second-order valence-corrected chi connectivity index (χ2v) is 2.48. The van der Waals surface area contributed by atoms with E-state index in [4.69, 9.17) is 4.74 Å². The number of nitrogens with one attached hydrogen (secondary N) is 1. The summed E-state index contributed by atoms with van der Waals surface area (Å²) in [5.74, 6) is 0.329. The lowest BCUT2D eigenvalue weighted by Gasteiger charge is -2.26. The van der Waals surface area contributed by atoms with Crippen molar-refractivity contribution in [3.63, 3.8) is 0 Å². The summed E-state index contributed by atoms with van der Waals surface area (Å²) in [5, 5.41) is 2.64. The molecule has 1 amide bonds. The van der Waals surface area contributed by atoms with Crippen LogP contribution in [0.15, 0.2) is 12.7 Å². The number of alkyl carbamates (subject to hydrolysis) is 1. The largest absolute Gasteiger partial charge is 0.449 e. The molecule has 0 unspecified atom stereocenters. The van der Waals surface area contributed by atoms with Gasteiger partial charge in [-0.05, 0) is 0 Å². The molecule has 10 heavy (non-hydrogen) atoms. The Kier molecular flexibility index (Phi) is 1.94. The van der Waals surface area contributed by atoms with E-state index >= 15 is 0 Å². The molecule has 0 aromatic heterocycles. The maximum absolute atomic E-state index is 10.6. The van der Waals surface area contributed by atoms with Gasteiger partial charge in [0.1, 0.15) is 0 Å². The van der Waals surface area contributed by atoms with Gasteiger partial charge in [-0.2, -0.15) is 0 Å². The number of cyclic esters (lactones) is 1. The number of ether oxygens (including phenoxy) is 1. The van der Waals surface area contributed by atoms with Crippen LogP contribution in [0.2, 0.25) is 0 Å². The maximum Gasteiger partial charge on any atom is 0.407 e. The molecule has 3 heteroatoms. The van der Waals surface area contributed by atoms with Gasteiger partial charge in [0, 0.05) is 5.92 Å². The van der Waals surface area contributed by atoms with Crippen LogP contribution in [0, 0.1) is 5.92 Å². The normalized spacial score (nSPS) is 32.3. The number of hydrogen-bond donors (Lipinski definition) is 1. The Balaban J connectivity index is 2.53. The van der Waals surface area contributed by atoms with Gasteiger partial charge in [0.2, 0.25) is 0 Å². The minimum absolute atomic E-state index is 0.0706. The molecular formula is C7H11NO2. The van der Waals surface area contributed by atoms with Crippen molar-refractivity contribution >= 4 is 6.09 Å². The van der Waals surface area contributed by atoms with Crippen molar-refractivity contribution in [2.75, 3.05) is 6.61 Å². The van der Waals surface area contributed by atoms with Gasteiger partial charge in [-0.25, -0.2) is 4.79 Å². The van der Waals surface area contributed by atoms with Gasteiger partial charge in [0.05, 0.1) is 12.6 Å². The van der Waals surface area contributed by atoms with Gasteiger partial charge in [-0.3, -0.25) is 0 Å². The minimum atomic E-state index is -0.344. The van der Waals surface area contributed by atoms with E-state index in [2.05, 4.69) is 11.9 Å². The topological polar surface area (TPSA) is 38.3 Å². The minimum Gasteiger partial charge on any atom is -0.449 e. The molecule has 1 aliphatic heterocycles. The summed E-state index contributed by atoms with van der Waals surface area (Å²) in [5.41, 5.74) is 0. The highest BCUT2D eigenvalue weighted by molar-refractivity contribution is 5.68. The quantitative estimate of drug-likeness (QED) is 0.551. The Morgan fingerprint density at radius 2 is 2.60 bits per heavy atom. The predicted molar refractivity (Wildman–Crippen MR) is 37.6 cm³/mol. The summed E-state index contributed by atoms with van der Waals surface area (Å²) in [6.45, 7) is 6.09. The van der Waals surface area contributed by atoms with Crippen LogP contribution in [-0.2, 0) is 4.74 Å². The van der Waals surface area contributed by atoms with Crippen LogP contribution in [-0.4, -0.2) is 18.7 Å². The van der Waals surface area contributed by atoms with E-state index in [1.54, 1.807) is 6.08 Å². The van der Waals surface area contributed by atoms with Crippen molar-refractivity contribution in [2.24, 2.45) is 5.92 Å². The maximum atomic E-state index is 10.6. The second-order valence-electron chi connectivity index (χ2n) is 2.48. The number of amides is 1. The molecule has 1 aliphatic rings. The van der Waals surface area contributed by atoms with Crippen LogP contribution in [0.4, 0.5) is 4.79 Å². The Morgan fingerprint density at radius 1 is 1.90 bits per heavy atom. The zero-order chi connectivity index (χ0) is 7.56. The van der Waals surface area contributed by atoms with E-state index in [1.807, 2.05) is 6.92 Å². The van der Waals surface area contributed by atoms with E-state index in [1.165, 1.54) is 0 Å². The van der Waals surface area contributed by atoms with Crippen molar-refractivity contribution in [3.05, 3.63) is 12.7 Å². The number of hydrogen-bond acceptors (Lipinski definition) is 2. The lowest BCUT2D eigenvalue weighted by atomic mass is 10.0. The number of carbonyl (C=O) groups excluding carboxylic acids is 1. The first-order chi connectivity index (χ1) is 4.74. The van der Waals surface area contributed by atoms with E-state index in [0.717, 1.165) is 0 Å². The zero-order valence-corrected chi connectivity index (χ0v) is 5.96. The molecule has 56 valence electrons. The molecule has 1 heterocycles. The Morgan fingerprint density at radius 3 is 3.10 bits per heavy atom. The third-order valence-corrected chi connectivity index (χ3v) is 1.63. The van der Waals surface area contributed by atoms with Gasteiger partial charge in [-0.15, -0.1) is 6.58 Å². The summed E-state index contributed by atoms with van der Waals surface area (Å²) in [6, 6.07) is 0.0706. The summed E-state index contributed by atoms with van der Waals surface area (Å²) >= 11 is 0. The molecule has 1 fully saturated rings. The molecule has 0 aliphatic carbocycles. The van der Waals surface area contributed by atoms with Gasteiger partial charge < -0.3 is 10.1 Å². The van der Waals surface area contributed by atoms with Crippen molar-refractivity contribution in [3.8, 4) is 0 Å². The summed E-state index contributed by atoms with van der Waals surface area (Å²) < 4.78 is 4.72. The molecule has 2 atom stereocenters. The highest BCUT2D eigenvalue weighted by atomic mass is 16.6. The lowest BCUT2D eigenvalue weighted by Crippen LogP contribution is -2.45. The molecule has 0 aromatic carbocycles. The molecule has 3 nitrogen and oxygen atoms in total. The average molecular weight is 141 g/mol. The molecule has 0 bridgehead atoms. The molecular weight excluding hydrogens is 130 g/mol. The third-order valence-electron chi connectivity index (χ3n) is 1.63. The van der Waals surface area contributed by atoms with Crippen molar-refractivity contribution < 1.29 is 9.53 Å². The van der Waals surface area contributed by atoms with Crippen LogP contribution < -0.4 is 5.32 Å². The van der Waals surface area contributed by atoms with Gasteiger partial charge >= 0.3 is 6.09 Å². The fourth-order valence-corrected chi connectivity index (χ4v) is 0.922. The lowest BCUT2D eigenvalue weighted by molar-refractivity contribution is 0.0957. The molecule has 0 radical (unpaired) electrons. The molecule has 0 spiro atoms. The zero-order valence-electron chi connectivity index (χ0n) is 5.96. The highest BCUT2D eigenvalue weighted by Gasteiger charge is 2.23. The van der Waals surface area contributed by atoms with Crippen LogP contribution in [0.5, 0.6) is 0 Å². The van der Waals surface area contributed by atoms with Gasteiger partial charge in [0.15, 0.2) is 0 Å². The van der Waals surface area contributed by atoms with E-state index in [9.17, 15) is 4.79 Å². The molecule has 0 saturated carbocycles. The SMILES string of the molecule is C=C[C@@H]1NC(=O)OC[C@@H]1C. The predicted octanol–water partition coefficient (Wildman–Crippen LogP) is 0.917. The summed E-state index contributed by atoms with van der Waals surface area (Å²) in [7, 11) is 0. The van der Waals surface area contributed by atoms with Crippen molar-refractivity contribution in [2.45, 2.75) is 13.0 Å². The van der Waals surface area contributed by atoms with Crippen LogP contribution >= 0.6 is 0 Å². The standard InChI is InChI=1S/C7H11NO2/c1-3-6-5(2)4-10-7(9)8-6/h3,5-6H,1,4H2,2H3,(H,8,9)/t5-,6-/m0/s1. The van der Waals surface area contributed by atoms with Crippen LogP contribution in [0.1, 0.15) is 6.92 Å². The van der Waals surface area contributed by atoms with Gasteiger partial charge in [-0.1, -0.05) is 13.0 Å². The Labute approximate surface area is 60.1 Å². The number of carbonyl (C=O) groups is 1. The Bertz CT molecular complexity index is 156. The molecule has 1 saturated heterocycles. The monoisotopic (exact) mass is 141 g/mol. The number of rotatable bonds is 1. The first kappa shape index (κ1) is 7.12. The van der Waals surface area contributed by atoms with E-state index in [-0.39, 0.29) is 12.1 Å². The van der Waals surface area contributed by atoms with Gasteiger partial charge in [0.25, 0.3) is 0 Å². The summed E-state index contributed by atoms with van der Waals surface area (Å²) in [4.78, 5) is 10.6. The Hall–Kier alpha value is -0.990. The first-order valence-corrected chi connectivity index (χ1v) is 3.30. The smallest absolute Gasteiger partial charge is 0.407 e. The average Bonchev–Trinajstić information content (AvgIpc) is 1.94. The summed E-state index contributed by atoms with van der Waals surface area (Å²) in [6.07, 6.45) is 1.38. The third kappa shape index (κ3) is 1.29.